The van der Waals surface area contributed by atoms with Gasteiger partial charge in [0.2, 0.25) is 0 Å². The van der Waals surface area contributed by atoms with E-state index in [4.69, 9.17) is 0 Å². The quantitative estimate of drug-likeness (QED) is 0.881. The van der Waals surface area contributed by atoms with Crippen LogP contribution in [0.5, 0.6) is 0 Å². The van der Waals surface area contributed by atoms with Gasteiger partial charge in [-0.2, -0.15) is 5.10 Å². The lowest BCUT2D eigenvalue weighted by Gasteiger charge is -2.17. The Morgan fingerprint density at radius 2 is 2.15 bits per heavy atom. The van der Waals surface area contributed by atoms with Gasteiger partial charge in [-0.25, -0.2) is 0 Å². The molecular weight excluding hydrogens is 316 g/mol. The number of nitrogens with zero attached hydrogens (tertiary/aromatic N) is 3. The molecule has 0 bridgehead atoms. The summed E-state index contributed by atoms with van der Waals surface area (Å²) in [5.74, 6) is 0. The smallest absolute Gasteiger partial charge is 0.0624 e. The molecule has 2 aromatic heterocycles. The minimum Gasteiger partial charge on any atom is -0.309 e. The molecule has 0 radical (unpaired) electrons. The number of likely N-dealkylation sites (N-methyl/N-ethyl adjacent to an activating group) is 1. The molecule has 4 nitrogen and oxygen atoms in total. The Morgan fingerprint density at radius 1 is 1.35 bits per heavy atom. The maximum Gasteiger partial charge on any atom is 0.0624 e. The molecule has 1 unspecified atom stereocenters. The Bertz CT molecular complexity index is 548. The van der Waals surface area contributed by atoms with E-state index < -0.39 is 0 Å². The van der Waals surface area contributed by atoms with Crippen LogP contribution in [0.15, 0.2) is 28.9 Å². The van der Waals surface area contributed by atoms with Crippen molar-refractivity contribution in [1.82, 2.24) is 20.1 Å². The molecule has 0 aromatic carbocycles. The molecule has 20 heavy (non-hydrogen) atoms. The van der Waals surface area contributed by atoms with Crippen LogP contribution in [0.2, 0.25) is 0 Å². The first-order chi connectivity index (χ1) is 9.63. The van der Waals surface area contributed by atoms with Gasteiger partial charge >= 0.3 is 0 Å². The number of rotatable bonds is 6. The highest BCUT2D eigenvalue weighted by Crippen LogP contribution is 2.19. The zero-order valence-corrected chi connectivity index (χ0v) is 13.8. The van der Waals surface area contributed by atoms with Crippen LogP contribution in [0.3, 0.4) is 0 Å². The molecule has 2 aromatic rings. The van der Waals surface area contributed by atoms with Gasteiger partial charge in [-0.1, -0.05) is 13.8 Å². The Labute approximate surface area is 128 Å². The molecule has 0 saturated heterocycles. The zero-order valence-electron chi connectivity index (χ0n) is 12.2. The molecule has 1 atom stereocenters. The fraction of sp³-hybridized carbons (Fsp3) is 0.467. The van der Waals surface area contributed by atoms with E-state index in [1.165, 1.54) is 5.69 Å². The molecule has 0 aliphatic carbocycles. The maximum absolute atomic E-state index is 4.51. The number of hydrogen-bond donors (Lipinski definition) is 1. The van der Waals surface area contributed by atoms with Gasteiger partial charge in [0.1, 0.15) is 0 Å². The molecule has 0 saturated carbocycles. The van der Waals surface area contributed by atoms with Crippen molar-refractivity contribution in [2.75, 3.05) is 6.54 Å². The topological polar surface area (TPSA) is 42.7 Å². The van der Waals surface area contributed by atoms with Crippen molar-refractivity contribution in [2.24, 2.45) is 7.05 Å². The van der Waals surface area contributed by atoms with E-state index in [1.54, 1.807) is 0 Å². The third kappa shape index (κ3) is 3.67. The fourth-order valence-corrected chi connectivity index (χ4v) is 2.50. The summed E-state index contributed by atoms with van der Waals surface area (Å²) in [5, 5.41) is 8.01. The summed E-state index contributed by atoms with van der Waals surface area (Å²) in [6.45, 7) is 5.16. The maximum atomic E-state index is 4.51. The van der Waals surface area contributed by atoms with Gasteiger partial charge in [0, 0.05) is 29.8 Å². The SMILES string of the molecule is CCNC(Cc1cc(CC)nn1C)c1ccc(Br)cn1. The van der Waals surface area contributed by atoms with E-state index in [0.717, 1.165) is 35.2 Å². The predicted molar refractivity (Wildman–Crippen MR) is 84.6 cm³/mol. The number of aromatic nitrogens is 3. The van der Waals surface area contributed by atoms with Crippen molar-refractivity contribution >= 4 is 15.9 Å². The standard InChI is InChI=1S/C15H21BrN4/c1-4-12-8-13(20(3)19-12)9-15(17-5-2)14-7-6-11(16)10-18-14/h6-8,10,15,17H,4-5,9H2,1-3H3. The van der Waals surface area contributed by atoms with E-state index in [2.05, 4.69) is 57.3 Å². The summed E-state index contributed by atoms with van der Waals surface area (Å²) in [6, 6.07) is 6.50. The summed E-state index contributed by atoms with van der Waals surface area (Å²) in [4.78, 5) is 4.51. The molecular formula is C15H21BrN4. The van der Waals surface area contributed by atoms with Crippen molar-refractivity contribution < 1.29 is 0 Å². The second kappa shape index (κ2) is 6.99. The molecule has 0 amide bonds. The molecule has 5 heteroatoms. The third-order valence-corrected chi connectivity index (χ3v) is 3.83. The molecule has 2 heterocycles. The van der Waals surface area contributed by atoms with E-state index in [0.29, 0.717) is 0 Å². The summed E-state index contributed by atoms with van der Waals surface area (Å²) < 4.78 is 2.98. The lowest BCUT2D eigenvalue weighted by molar-refractivity contribution is 0.517. The number of hydrogen-bond acceptors (Lipinski definition) is 3. The third-order valence-electron chi connectivity index (χ3n) is 3.36. The molecule has 108 valence electrons. The van der Waals surface area contributed by atoms with E-state index in [-0.39, 0.29) is 6.04 Å². The Morgan fingerprint density at radius 3 is 2.70 bits per heavy atom. The first-order valence-corrected chi connectivity index (χ1v) is 7.80. The van der Waals surface area contributed by atoms with Gasteiger partial charge in [0.25, 0.3) is 0 Å². The highest BCUT2D eigenvalue weighted by Gasteiger charge is 2.15. The predicted octanol–water partition coefficient (Wildman–Crippen LogP) is 3.03. The Kier molecular flexibility index (Phi) is 5.31. The lowest BCUT2D eigenvalue weighted by Crippen LogP contribution is -2.24. The van der Waals surface area contributed by atoms with Gasteiger partial charge in [0.05, 0.1) is 17.4 Å². The van der Waals surface area contributed by atoms with Gasteiger partial charge in [-0.3, -0.25) is 9.67 Å². The molecule has 0 spiro atoms. The monoisotopic (exact) mass is 336 g/mol. The largest absolute Gasteiger partial charge is 0.309 e. The van der Waals surface area contributed by atoms with Gasteiger partial charge < -0.3 is 5.32 Å². The molecule has 1 N–H and O–H groups in total. The second-order valence-electron chi connectivity index (χ2n) is 4.82. The van der Waals surface area contributed by atoms with Crippen LogP contribution >= 0.6 is 15.9 Å². The van der Waals surface area contributed by atoms with Gasteiger partial charge in [0.15, 0.2) is 0 Å². The van der Waals surface area contributed by atoms with Gasteiger partial charge in [-0.05, 0) is 47.1 Å². The molecule has 2 rings (SSSR count). The van der Waals surface area contributed by atoms with Crippen LogP contribution < -0.4 is 5.32 Å². The second-order valence-corrected chi connectivity index (χ2v) is 5.74. The van der Waals surface area contributed by atoms with Crippen LogP contribution in [0, 0.1) is 0 Å². The average molecular weight is 337 g/mol. The summed E-state index contributed by atoms with van der Waals surface area (Å²) in [5.41, 5.74) is 3.44. The average Bonchev–Trinajstić information content (AvgIpc) is 2.80. The molecule has 0 aliphatic heterocycles. The van der Waals surface area contributed by atoms with Crippen LogP contribution in [0.4, 0.5) is 0 Å². The van der Waals surface area contributed by atoms with Crippen LogP contribution in [-0.2, 0) is 19.9 Å². The van der Waals surface area contributed by atoms with Crippen LogP contribution in [-0.4, -0.2) is 21.3 Å². The van der Waals surface area contributed by atoms with E-state index in [1.807, 2.05) is 24.0 Å². The fourth-order valence-electron chi connectivity index (χ4n) is 2.27. The van der Waals surface area contributed by atoms with Crippen molar-refractivity contribution in [1.29, 1.82) is 0 Å². The van der Waals surface area contributed by atoms with Crippen LogP contribution in [0.25, 0.3) is 0 Å². The highest BCUT2D eigenvalue weighted by molar-refractivity contribution is 9.10. The van der Waals surface area contributed by atoms with Crippen molar-refractivity contribution in [2.45, 2.75) is 32.7 Å². The Hall–Kier alpha value is -1.20. The van der Waals surface area contributed by atoms with E-state index in [9.17, 15) is 0 Å². The lowest BCUT2D eigenvalue weighted by atomic mass is 10.1. The number of aryl methyl sites for hydroxylation is 2. The first-order valence-electron chi connectivity index (χ1n) is 7.00. The number of pyridine rings is 1. The summed E-state index contributed by atoms with van der Waals surface area (Å²) in [6.07, 6.45) is 3.71. The first kappa shape index (κ1) is 15.2. The number of halogens is 1. The molecule has 0 fully saturated rings. The van der Waals surface area contributed by atoms with Crippen molar-refractivity contribution in [3.63, 3.8) is 0 Å². The van der Waals surface area contributed by atoms with Crippen LogP contribution in [0.1, 0.15) is 37.0 Å². The zero-order chi connectivity index (χ0) is 14.5. The normalized spacial score (nSPS) is 12.6. The van der Waals surface area contributed by atoms with Crippen molar-refractivity contribution in [3.8, 4) is 0 Å². The van der Waals surface area contributed by atoms with E-state index >= 15 is 0 Å². The summed E-state index contributed by atoms with van der Waals surface area (Å²) >= 11 is 3.43. The minimum atomic E-state index is 0.216. The molecule has 0 aliphatic rings. The minimum absolute atomic E-state index is 0.216. The number of nitrogens with one attached hydrogen (secondary N) is 1. The summed E-state index contributed by atoms with van der Waals surface area (Å²) in [7, 11) is 2.01. The highest BCUT2D eigenvalue weighted by atomic mass is 79.9. The van der Waals surface area contributed by atoms with Gasteiger partial charge in [-0.15, -0.1) is 0 Å². The van der Waals surface area contributed by atoms with Crippen molar-refractivity contribution in [3.05, 3.63) is 46.0 Å². The Balaban J connectivity index is 2.20.